The van der Waals surface area contributed by atoms with Gasteiger partial charge in [-0.2, -0.15) is 0 Å². The van der Waals surface area contributed by atoms with Crippen LogP contribution >= 0.6 is 0 Å². The number of ether oxygens (including phenoxy) is 1. The van der Waals surface area contributed by atoms with Crippen LogP contribution in [0.25, 0.3) is 0 Å². The van der Waals surface area contributed by atoms with Crippen LogP contribution < -0.4 is 5.32 Å². The van der Waals surface area contributed by atoms with E-state index in [9.17, 15) is 4.79 Å². The molecule has 18 heavy (non-hydrogen) atoms. The molecule has 0 saturated heterocycles. The summed E-state index contributed by atoms with van der Waals surface area (Å²) in [6.45, 7) is 5.99. The van der Waals surface area contributed by atoms with Crippen molar-refractivity contribution in [3.63, 3.8) is 0 Å². The van der Waals surface area contributed by atoms with Gasteiger partial charge in [-0.1, -0.05) is 24.3 Å². The molecule has 0 bridgehead atoms. The second-order valence-corrected chi connectivity index (χ2v) is 5.84. The number of hydrogen-bond acceptors (Lipinski definition) is 2. The fourth-order valence-electron chi connectivity index (χ4n) is 2.21. The topological polar surface area (TPSA) is 38.3 Å². The molecule has 98 valence electrons. The highest BCUT2D eigenvalue weighted by Crippen LogP contribution is 2.21. The average Bonchev–Trinajstić information content (AvgIpc) is 2.67. The zero-order valence-corrected chi connectivity index (χ0v) is 11.3. The number of rotatable bonds is 3. The molecule has 2 rings (SSSR count). The van der Waals surface area contributed by atoms with Gasteiger partial charge in [0, 0.05) is 6.04 Å². The second kappa shape index (κ2) is 5.11. The van der Waals surface area contributed by atoms with Crippen molar-refractivity contribution in [2.45, 2.75) is 45.3 Å². The molecule has 1 aromatic rings. The number of carbonyl (C=O) groups is 1. The Morgan fingerprint density at radius 3 is 2.33 bits per heavy atom. The second-order valence-electron chi connectivity index (χ2n) is 5.84. The van der Waals surface area contributed by atoms with Gasteiger partial charge >= 0.3 is 0 Å². The van der Waals surface area contributed by atoms with Gasteiger partial charge in [-0.15, -0.1) is 0 Å². The first kappa shape index (κ1) is 13.1. The lowest BCUT2D eigenvalue weighted by atomic mass is 10.1. The first-order valence-electron chi connectivity index (χ1n) is 6.44. The SMILES string of the molecule is CC(C)(C)OCC(=O)NC1Cc2ccccc2C1. The van der Waals surface area contributed by atoms with Crippen LogP contribution in [0.5, 0.6) is 0 Å². The van der Waals surface area contributed by atoms with Crippen molar-refractivity contribution in [2.75, 3.05) is 6.61 Å². The molecule has 1 N–H and O–H groups in total. The Morgan fingerprint density at radius 2 is 1.83 bits per heavy atom. The molecule has 0 heterocycles. The van der Waals surface area contributed by atoms with Crippen LogP contribution in [0.3, 0.4) is 0 Å². The van der Waals surface area contributed by atoms with Gasteiger partial charge in [-0.05, 0) is 44.7 Å². The van der Waals surface area contributed by atoms with E-state index in [-0.39, 0.29) is 24.2 Å². The number of fused-ring (bicyclic) bond motifs is 1. The third-order valence-corrected chi connectivity index (χ3v) is 3.05. The molecule has 0 fully saturated rings. The van der Waals surface area contributed by atoms with Crippen LogP contribution in [-0.2, 0) is 22.4 Å². The lowest BCUT2D eigenvalue weighted by molar-refractivity contribution is -0.131. The smallest absolute Gasteiger partial charge is 0.246 e. The van der Waals surface area contributed by atoms with Crippen molar-refractivity contribution in [1.29, 1.82) is 0 Å². The first-order valence-corrected chi connectivity index (χ1v) is 6.44. The minimum Gasteiger partial charge on any atom is -0.366 e. The van der Waals surface area contributed by atoms with E-state index in [1.54, 1.807) is 0 Å². The highest BCUT2D eigenvalue weighted by atomic mass is 16.5. The van der Waals surface area contributed by atoms with E-state index in [1.807, 2.05) is 32.9 Å². The van der Waals surface area contributed by atoms with Crippen molar-refractivity contribution in [3.8, 4) is 0 Å². The maximum absolute atomic E-state index is 11.8. The van der Waals surface area contributed by atoms with E-state index >= 15 is 0 Å². The fourth-order valence-corrected chi connectivity index (χ4v) is 2.21. The highest BCUT2D eigenvalue weighted by Gasteiger charge is 2.22. The molecule has 0 radical (unpaired) electrons. The van der Waals surface area contributed by atoms with E-state index in [0.717, 1.165) is 12.8 Å². The zero-order valence-electron chi connectivity index (χ0n) is 11.3. The standard InChI is InChI=1S/C15H21NO2/c1-15(2,3)18-10-14(17)16-13-8-11-6-4-5-7-12(11)9-13/h4-7,13H,8-10H2,1-3H3,(H,16,17). The lowest BCUT2D eigenvalue weighted by Crippen LogP contribution is -2.39. The Kier molecular flexibility index (Phi) is 3.71. The van der Waals surface area contributed by atoms with Gasteiger partial charge in [0.25, 0.3) is 0 Å². The highest BCUT2D eigenvalue weighted by molar-refractivity contribution is 5.77. The molecule has 1 aliphatic carbocycles. The summed E-state index contributed by atoms with van der Waals surface area (Å²) < 4.78 is 5.47. The van der Waals surface area contributed by atoms with E-state index in [0.29, 0.717) is 0 Å². The summed E-state index contributed by atoms with van der Waals surface area (Å²) in [5.41, 5.74) is 2.43. The van der Waals surface area contributed by atoms with E-state index in [2.05, 4.69) is 17.4 Å². The summed E-state index contributed by atoms with van der Waals surface area (Å²) in [7, 11) is 0. The quantitative estimate of drug-likeness (QED) is 0.888. The molecule has 3 nitrogen and oxygen atoms in total. The van der Waals surface area contributed by atoms with Crippen LogP contribution in [0.1, 0.15) is 31.9 Å². The van der Waals surface area contributed by atoms with Crippen molar-refractivity contribution in [1.82, 2.24) is 5.32 Å². The Hall–Kier alpha value is -1.35. The van der Waals surface area contributed by atoms with Crippen LogP contribution in [0.2, 0.25) is 0 Å². The molecule has 1 aliphatic rings. The van der Waals surface area contributed by atoms with Gasteiger partial charge < -0.3 is 10.1 Å². The molecular formula is C15H21NO2. The van der Waals surface area contributed by atoms with Crippen molar-refractivity contribution in [3.05, 3.63) is 35.4 Å². The van der Waals surface area contributed by atoms with Gasteiger partial charge in [0.1, 0.15) is 6.61 Å². The molecule has 0 atom stereocenters. The van der Waals surface area contributed by atoms with E-state index in [4.69, 9.17) is 4.74 Å². The van der Waals surface area contributed by atoms with Crippen LogP contribution in [-0.4, -0.2) is 24.2 Å². The third kappa shape index (κ3) is 3.57. The lowest BCUT2D eigenvalue weighted by Gasteiger charge is -2.20. The number of amides is 1. The van der Waals surface area contributed by atoms with E-state index in [1.165, 1.54) is 11.1 Å². The molecule has 0 spiro atoms. The molecule has 3 heteroatoms. The molecule has 0 aromatic heterocycles. The van der Waals surface area contributed by atoms with E-state index < -0.39 is 0 Å². The zero-order chi connectivity index (χ0) is 13.2. The monoisotopic (exact) mass is 247 g/mol. The molecule has 1 aromatic carbocycles. The maximum atomic E-state index is 11.8. The Bertz CT molecular complexity index is 409. The number of carbonyl (C=O) groups excluding carboxylic acids is 1. The predicted octanol–water partition coefficient (Wildman–Crippen LogP) is 2.09. The first-order chi connectivity index (χ1) is 8.44. The number of hydrogen-bond donors (Lipinski definition) is 1. The normalized spacial score (nSPS) is 15.5. The van der Waals surface area contributed by atoms with Crippen molar-refractivity contribution in [2.24, 2.45) is 0 Å². The van der Waals surface area contributed by atoms with Crippen LogP contribution in [0.15, 0.2) is 24.3 Å². The van der Waals surface area contributed by atoms with Gasteiger partial charge in [-0.3, -0.25) is 4.79 Å². The maximum Gasteiger partial charge on any atom is 0.246 e. The number of benzene rings is 1. The Labute approximate surface area is 109 Å². The molecule has 0 saturated carbocycles. The summed E-state index contributed by atoms with van der Waals surface area (Å²) >= 11 is 0. The van der Waals surface area contributed by atoms with Crippen LogP contribution in [0, 0.1) is 0 Å². The molecule has 0 unspecified atom stereocenters. The summed E-state index contributed by atoms with van der Waals surface area (Å²) in [6.07, 6.45) is 1.86. The average molecular weight is 247 g/mol. The van der Waals surface area contributed by atoms with Crippen LogP contribution in [0.4, 0.5) is 0 Å². The minimum absolute atomic E-state index is 0.0252. The van der Waals surface area contributed by atoms with Gasteiger partial charge in [0.05, 0.1) is 5.60 Å². The molecule has 0 aliphatic heterocycles. The largest absolute Gasteiger partial charge is 0.366 e. The summed E-state index contributed by atoms with van der Waals surface area (Å²) in [5.74, 6) is -0.0252. The minimum atomic E-state index is -0.268. The summed E-state index contributed by atoms with van der Waals surface area (Å²) in [6, 6.07) is 8.58. The van der Waals surface area contributed by atoms with Crippen molar-refractivity contribution >= 4 is 5.91 Å². The Balaban J connectivity index is 1.81. The summed E-state index contributed by atoms with van der Waals surface area (Å²) in [5, 5.41) is 3.03. The predicted molar refractivity (Wildman–Crippen MR) is 71.5 cm³/mol. The summed E-state index contributed by atoms with van der Waals surface area (Å²) in [4.78, 5) is 11.8. The number of nitrogens with one attached hydrogen (secondary N) is 1. The molecule has 1 amide bonds. The van der Waals surface area contributed by atoms with Gasteiger partial charge in [-0.25, -0.2) is 0 Å². The Morgan fingerprint density at radius 1 is 1.28 bits per heavy atom. The van der Waals surface area contributed by atoms with Gasteiger partial charge in [0.2, 0.25) is 5.91 Å². The fraction of sp³-hybridized carbons (Fsp3) is 0.533. The van der Waals surface area contributed by atoms with Gasteiger partial charge in [0.15, 0.2) is 0 Å². The van der Waals surface area contributed by atoms with Crippen molar-refractivity contribution < 1.29 is 9.53 Å². The molecular weight excluding hydrogens is 226 g/mol. The third-order valence-electron chi connectivity index (χ3n) is 3.05.